The highest BCUT2D eigenvalue weighted by Crippen LogP contribution is 1.72. The molecule has 0 rings (SSSR count). The van der Waals surface area contributed by atoms with Crippen LogP contribution in [0.4, 0.5) is 0 Å². The third-order valence-electron chi connectivity index (χ3n) is 0.493. The van der Waals surface area contributed by atoms with E-state index in [2.05, 4.69) is 0 Å². The first-order chi connectivity index (χ1) is 3.66. The number of nitrogens with zero attached hydrogens (tertiary/aromatic N) is 2. The molecular formula is C3H5N3O2. The number of hydrogen-bond acceptors (Lipinski definition) is 3. The summed E-state index contributed by atoms with van der Waals surface area (Å²) in [6.45, 7) is 1.41. The number of hydrogen-bond donors (Lipinski definition) is 1. The average Bonchev–Trinajstić information content (AvgIpc) is 1.65. The van der Waals surface area contributed by atoms with Gasteiger partial charge in [-0.1, -0.05) is 0 Å². The Kier molecular flexibility index (Phi) is 2.34. The predicted octanol–water partition coefficient (Wildman–Crippen LogP) is -0.320. The molecule has 0 amide bonds. The van der Waals surface area contributed by atoms with Gasteiger partial charge in [-0.2, -0.15) is 5.26 Å². The standard InChI is InChI=1S/C3H5N3O2/c1-3(2-4)5-6(7)8/h3,5H,1H3. The third-order valence-corrected chi connectivity index (χ3v) is 0.493. The van der Waals surface area contributed by atoms with E-state index in [1.807, 2.05) is 0 Å². The lowest BCUT2D eigenvalue weighted by Crippen LogP contribution is -2.29. The zero-order chi connectivity index (χ0) is 6.57. The molecule has 0 bridgehead atoms. The van der Waals surface area contributed by atoms with Crippen LogP contribution in [0.1, 0.15) is 6.92 Å². The molecule has 44 valence electrons. The van der Waals surface area contributed by atoms with Crippen molar-refractivity contribution in [3.05, 3.63) is 10.1 Å². The van der Waals surface area contributed by atoms with Gasteiger partial charge in [-0.25, -0.2) is 10.1 Å². The monoisotopic (exact) mass is 115 g/mol. The highest BCUT2D eigenvalue weighted by Gasteiger charge is 2.01. The number of rotatable bonds is 2. The van der Waals surface area contributed by atoms with Crippen molar-refractivity contribution in [1.82, 2.24) is 5.43 Å². The molecule has 1 unspecified atom stereocenters. The summed E-state index contributed by atoms with van der Waals surface area (Å²) in [6.07, 6.45) is 0. The molecule has 0 saturated heterocycles. The number of nitrogens with one attached hydrogen (secondary N) is 1. The van der Waals surface area contributed by atoms with E-state index in [9.17, 15) is 10.1 Å². The van der Waals surface area contributed by atoms with Gasteiger partial charge in [0.2, 0.25) is 0 Å². The Morgan fingerprint density at radius 2 is 2.50 bits per heavy atom. The van der Waals surface area contributed by atoms with Crippen LogP contribution in [-0.2, 0) is 0 Å². The van der Waals surface area contributed by atoms with Gasteiger partial charge < -0.3 is 0 Å². The summed E-state index contributed by atoms with van der Waals surface area (Å²) in [5, 5.41) is 16.7. The van der Waals surface area contributed by atoms with E-state index in [1.54, 1.807) is 11.5 Å². The summed E-state index contributed by atoms with van der Waals surface area (Å²) in [5.41, 5.74) is 1.75. The maximum atomic E-state index is 9.51. The van der Waals surface area contributed by atoms with Crippen molar-refractivity contribution in [2.24, 2.45) is 0 Å². The Morgan fingerprint density at radius 3 is 2.62 bits per heavy atom. The topological polar surface area (TPSA) is 79.0 Å². The minimum absolute atomic E-state index is 0.718. The van der Waals surface area contributed by atoms with E-state index >= 15 is 0 Å². The molecule has 5 nitrogen and oxygen atoms in total. The molecule has 0 aliphatic carbocycles. The first kappa shape index (κ1) is 6.69. The lowest BCUT2D eigenvalue weighted by Gasteiger charge is -1.93. The van der Waals surface area contributed by atoms with Crippen LogP contribution in [0, 0.1) is 21.4 Å². The summed E-state index contributed by atoms with van der Waals surface area (Å²) in [6, 6.07) is 0.926. The normalized spacial score (nSPS) is 11.5. The molecule has 5 heteroatoms. The number of nitriles is 1. The van der Waals surface area contributed by atoms with Crippen molar-refractivity contribution in [3.8, 4) is 6.07 Å². The maximum absolute atomic E-state index is 9.51. The highest BCUT2D eigenvalue weighted by molar-refractivity contribution is 4.81. The molecule has 0 heterocycles. The van der Waals surface area contributed by atoms with Gasteiger partial charge in [0.15, 0.2) is 11.1 Å². The van der Waals surface area contributed by atoms with Crippen molar-refractivity contribution in [3.63, 3.8) is 0 Å². The number of nitro groups is 1. The minimum Gasteiger partial charge on any atom is -0.235 e. The van der Waals surface area contributed by atoms with E-state index in [1.165, 1.54) is 6.92 Å². The molecular weight excluding hydrogens is 110 g/mol. The lowest BCUT2D eigenvalue weighted by atomic mass is 10.4. The fourth-order valence-electron chi connectivity index (χ4n) is 0.187. The summed E-state index contributed by atoms with van der Waals surface area (Å²) in [4.78, 5) is 9.51. The molecule has 0 radical (unpaired) electrons. The molecule has 0 aromatic heterocycles. The van der Waals surface area contributed by atoms with Crippen molar-refractivity contribution in [2.75, 3.05) is 0 Å². The second-order valence-corrected chi connectivity index (χ2v) is 1.24. The SMILES string of the molecule is CC(C#N)N[N+](=O)[O-]. The van der Waals surface area contributed by atoms with Crippen LogP contribution in [-0.4, -0.2) is 11.1 Å². The van der Waals surface area contributed by atoms with Crippen LogP contribution < -0.4 is 5.43 Å². The smallest absolute Gasteiger partial charge is 0.170 e. The zero-order valence-electron chi connectivity index (χ0n) is 4.29. The lowest BCUT2D eigenvalue weighted by molar-refractivity contribution is -0.547. The summed E-state index contributed by atoms with van der Waals surface area (Å²) in [5.74, 6) is 0. The van der Waals surface area contributed by atoms with Gasteiger partial charge in [-0.05, 0) is 6.92 Å². The van der Waals surface area contributed by atoms with Gasteiger partial charge in [0.25, 0.3) is 0 Å². The van der Waals surface area contributed by atoms with Gasteiger partial charge >= 0.3 is 0 Å². The first-order valence-electron chi connectivity index (χ1n) is 1.97. The Hall–Kier alpha value is -1.31. The van der Waals surface area contributed by atoms with Gasteiger partial charge in [0, 0.05) is 0 Å². The Morgan fingerprint density at radius 1 is 2.00 bits per heavy atom. The summed E-state index contributed by atoms with van der Waals surface area (Å²) >= 11 is 0. The van der Waals surface area contributed by atoms with Crippen LogP contribution in [0.3, 0.4) is 0 Å². The Balaban J connectivity index is 3.43. The average molecular weight is 115 g/mol. The van der Waals surface area contributed by atoms with Crippen LogP contribution in [0.5, 0.6) is 0 Å². The van der Waals surface area contributed by atoms with E-state index in [4.69, 9.17) is 5.26 Å². The molecule has 0 aromatic carbocycles. The van der Waals surface area contributed by atoms with Gasteiger partial charge in [-0.3, -0.25) is 0 Å². The largest absolute Gasteiger partial charge is 0.235 e. The van der Waals surface area contributed by atoms with Crippen LogP contribution in [0.25, 0.3) is 0 Å². The van der Waals surface area contributed by atoms with Gasteiger partial charge in [0.1, 0.15) is 0 Å². The molecule has 0 fully saturated rings. The van der Waals surface area contributed by atoms with Gasteiger partial charge in [0.05, 0.1) is 6.07 Å². The number of hydrazine groups is 1. The molecule has 1 atom stereocenters. The Bertz CT molecular complexity index is 127. The van der Waals surface area contributed by atoms with Crippen molar-refractivity contribution in [2.45, 2.75) is 13.0 Å². The minimum atomic E-state index is -0.742. The molecule has 8 heavy (non-hydrogen) atoms. The van der Waals surface area contributed by atoms with E-state index < -0.39 is 11.1 Å². The highest BCUT2D eigenvalue weighted by atomic mass is 16.7. The summed E-state index contributed by atoms with van der Waals surface area (Å²) in [7, 11) is 0. The molecule has 0 aliphatic rings. The molecule has 1 N–H and O–H groups in total. The van der Waals surface area contributed by atoms with Crippen LogP contribution >= 0.6 is 0 Å². The fraction of sp³-hybridized carbons (Fsp3) is 0.667. The van der Waals surface area contributed by atoms with E-state index in [0.29, 0.717) is 0 Å². The molecule has 0 aromatic rings. The quantitative estimate of drug-likeness (QED) is 0.395. The van der Waals surface area contributed by atoms with Crippen LogP contribution in [0.15, 0.2) is 0 Å². The first-order valence-corrected chi connectivity index (χ1v) is 1.97. The third kappa shape index (κ3) is 2.90. The second-order valence-electron chi connectivity index (χ2n) is 1.24. The fourth-order valence-corrected chi connectivity index (χ4v) is 0.187. The summed E-state index contributed by atoms with van der Waals surface area (Å²) < 4.78 is 0. The van der Waals surface area contributed by atoms with Crippen molar-refractivity contribution >= 4 is 0 Å². The second kappa shape index (κ2) is 2.80. The molecule has 0 aliphatic heterocycles. The molecule has 0 saturated carbocycles. The van der Waals surface area contributed by atoms with Gasteiger partial charge in [-0.15, -0.1) is 5.43 Å². The Labute approximate surface area is 46.0 Å². The van der Waals surface area contributed by atoms with E-state index in [0.717, 1.165) is 0 Å². The molecule has 0 spiro atoms. The maximum Gasteiger partial charge on any atom is 0.170 e. The zero-order valence-corrected chi connectivity index (χ0v) is 4.29. The van der Waals surface area contributed by atoms with Crippen molar-refractivity contribution in [1.29, 1.82) is 5.26 Å². The van der Waals surface area contributed by atoms with E-state index in [-0.39, 0.29) is 0 Å². The predicted molar refractivity (Wildman–Crippen MR) is 25.2 cm³/mol. The van der Waals surface area contributed by atoms with Crippen molar-refractivity contribution < 1.29 is 5.03 Å². The van der Waals surface area contributed by atoms with Crippen LogP contribution in [0.2, 0.25) is 0 Å².